The number of rotatable bonds is 8. The molecule has 0 atom stereocenters. The molecule has 0 aliphatic rings. The smallest absolute Gasteiger partial charge is 0.185 e. The summed E-state index contributed by atoms with van der Waals surface area (Å²) in [5.41, 5.74) is 0. The summed E-state index contributed by atoms with van der Waals surface area (Å²) in [6.07, 6.45) is 14.8. The van der Waals surface area contributed by atoms with Gasteiger partial charge in [0.25, 0.3) is 0 Å². The van der Waals surface area contributed by atoms with Crippen molar-refractivity contribution in [3.63, 3.8) is 0 Å². The third-order valence-corrected chi connectivity index (χ3v) is 5.65. The maximum absolute atomic E-state index is 5.59. The molecule has 4 heterocycles. The minimum Gasteiger partial charge on any atom is -0.323 e. The molecule has 4 aromatic rings. The number of unbranched alkanes of at least 4 members (excludes halogenated alkanes) is 2. The first kappa shape index (κ1) is 19.5. The van der Waals surface area contributed by atoms with Crippen LogP contribution in [0.5, 0.6) is 0 Å². The zero-order valence-electron chi connectivity index (χ0n) is 16.0. The Hall–Kier alpha value is -2.84. The van der Waals surface area contributed by atoms with Gasteiger partial charge in [0.1, 0.15) is 11.6 Å². The van der Waals surface area contributed by atoms with Gasteiger partial charge < -0.3 is 9.13 Å². The van der Waals surface area contributed by atoms with Crippen LogP contribution >= 0.6 is 24.4 Å². The lowest BCUT2D eigenvalue weighted by Crippen LogP contribution is -2.03. The molecule has 0 N–H and O–H groups in total. The molecule has 0 fully saturated rings. The molecule has 0 aromatic carbocycles. The Morgan fingerprint density at radius 3 is 1.52 bits per heavy atom. The normalized spacial score (nSPS) is 11.0. The lowest BCUT2D eigenvalue weighted by molar-refractivity contribution is 0.537. The number of hydrogen-bond acceptors (Lipinski definition) is 4. The van der Waals surface area contributed by atoms with Crippen LogP contribution in [0.1, 0.15) is 19.3 Å². The van der Waals surface area contributed by atoms with Crippen molar-refractivity contribution in [1.29, 1.82) is 0 Å². The maximum atomic E-state index is 5.59. The Morgan fingerprint density at radius 2 is 1.10 bits per heavy atom. The summed E-state index contributed by atoms with van der Waals surface area (Å²) in [7, 11) is 0. The SMILES string of the molecule is S=c1n(CCCCCn2ccn(-c3ccccn3)c2=S)ccn1-c1ccccn1. The van der Waals surface area contributed by atoms with Crippen molar-refractivity contribution in [3.05, 3.63) is 83.1 Å². The summed E-state index contributed by atoms with van der Waals surface area (Å²) in [5.74, 6) is 1.70. The minimum atomic E-state index is 0.776. The average molecular weight is 423 g/mol. The summed E-state index contributed by atoms with van der Waals surface area (Å²) in [6.45, 7) is 1.80. The van der Waals surface area contributed by atoms with Crippen LogP contribution in [0.2, 0.25) is 0 Å². The number of aromatic nitrogens is 6. The van der Waals surface area contributed by atoms with Crippen LogP contribution in [0, 0.1) is 9.54 Å². The van der Waals surface area contributed by atoms with Crippen molar-refractivity contribution in [2.45, 2.75) is 32.4 Å². The number of hydrogen-bond donors (Lipinski definition) is 0. The number of imidazole rings is 2. The molecule has 8 heteroatoms. The highest BCUT2D eigenvalue weighted by Crippen LogP contribution is 2.10. The molecule has 0 saturated heterocycles. The van der Waals surface area contributed by atoms with E-state index in [2.05, 4.69) is 19.1 Å². The first-order valence-electron chi connectivity index (χ1n) is 9.62. The number of nitrogens with zero attached hydrogens (tertiary/aromatic N) is 6. The molecule has 148 valence electrons. The molecular weight excluding hydrogens is 400 g/mol. The summed E-state index contributed by atoms with van der Waals surface area (Å²) in [6, 6.07) is 11.7. The third-order valence-electron chi connectivity index (χ3n) is 4.79. The first-order valence-corrected chi connectivity index (χ1v) is 10.4. The highest BCUT2D eigenvalue weighted by atomic mass is 32.1. The Kier molecular flexibility index (Phi) is 6.12. The Labute approximate surface area is 179 Å². The molecule has 0 aliphatic heterocycles. The van der Waals surface area contributed by atoms with Gasteiger partial charge in [-0.25, -0.2) is 9.97 Å². The second-order valence-corrected chi connectivity index (χ2v) is 7.46. The van der Waals surface area contributed by atoms with Gasteiger partial charge in [0.05, 0.1) is 0 Å². The van der Waals surface area contributed by atoms with Crippen LogP contribution in [0.15, 0.2) is 73.6 Å². The minimum absolute atomic E-state index is 0.776. The van der Waals surface area contributed by atoms with Gasteiger partial charge in [-0.1, -0.05) is 12.1 Å². The highest BCUT2D eigenvalue weighted by Gasteiger charge is 2.04. The lowest BCUT2D eigenvalue weighted by atomic mass is 10.2. The third kappa shape index (κ3) is 4.44. The van der Waals surface area contributed by atoms with E-state index in [0.29, 0.717) is 0 Å². The zero-order chi connectivity index (χ0) is 20.1. The fraction of sp³-hybridized carbons (Fsp3) is 0.238. The van der Waals surface area contributed by atoms with Crippen LogP contribution in [0.25, 0.3) is 11.6 Å². The largest absolute Gasteiger partial charge is 0.323 e. The van der Waals surface area contributed by atoms with E-state index < -0.39 is 0 Å². The summed E-state index contributed by atoms with van der Waals surface area (Å²) < 4.78 is 9.64. The van der Waals surface area contributed by atoms with E-state index in [1.165, 1.54) is 0 Å². The lowest BCUT2D eigenvalue weighted by Gasteiger charge is -2.06. The molecule has 4 rings (SSSR count). The highest BCUT2D eigenvalue weighted by molar-refractivity contribution is 7.71. The molecule has 0 spiro atoms. The van der Waals surface area contributed by atoms with Crippen molar-refractivity contribution in [2.75, 3.05) is 0 Å². The summed E-state index contributed by atoms with van der Waals surface area (Å²) >= 11 is 11.2. The van der Waals surface area contributed by atoms with E-state index in [-0.39, 0.29) is 0 Å². The number of aryl methyl sites for hydroxylation is 2. The fourth-order valence-electron chi connectivity index (χ4n) is 3.25. The van der Waals surface area contributed by atoms with Gasteiger partial charge in [0.15, 0.2) is 9.54 Å². The van der Waals surface area contributed by atoms with Crippen LogP contribution in [-0.2, 0) is 13.1 Å². The number of pyridine rings is 2. The summed E-state index contributed by atoms with van der Waals surface area (Å²) in [4.78, 5) is 8.72. The molecule has 6 nitrogen and oxygen atoms in total. The van der Waals surface area contributed by atoms with Crippen LogP contribution in [0.4, 0.5) is 0 Å². The van der Waals surface area contributed by atoms with Gasteiger partial charge in [-0.05, 0) is 68.0 Å². The molecular formula is C21H22N6S2. The molecule has 0 radical (unpaired) electrons. The van der Waals surface area contributed by atoms with E-state index in [1.54, 1.807) is 12.4 Å². The van der Waals surface area contributed by atoms with Crippen molar-refractivity contribution in [1.82, 2.24) is 28.2 Å². The van der Waals surface area contributed by atoms with E-state index in [4.69, 9.17) is 24.4 Å². The van der Waals surface area contributed by atoms with Crippen molar-refractivity contribution >= 4 is 24.4 Å². The average Bonchev–Trinajstić information content (AvgIpc) is 3.32. The molecule has 0 amide bonds. The maximum Gasteiger partial charge on any atom is 0.185 e. The van der Waals surface area contributed by atoms with Crippen molar-refractivity contribution < 1.29 is 0 Å². The fourth-order valence-corrected chi connectivity index (χ4v) is 3.86. The van der Waals surface area contributed by atoms with E-state index in [1.807, 2.05) is 70.3 Å². The predicted molar refractivity (Wildman–Crippen MR) is 119 cm³/mol. The zero-order valence-corrected chi connectivity index (χ0v) is 17.6. The van der Waals surface area contributed by atoms with Crippen LogP contribution in [0.3, 0.4) is 0 Å². The van der Waals surface area contributed by atoms with Gasteiger partial charge in [0.2, 0.25) is 0 Å². The second-order valence-electron chi connectivity index (χ2n) is 6.72. The molecule has 0 bridgehead atoms. The van der Waals surface area contributed by atoms with E-state index >= 15 is 0 Å². The monoisotopic (exact) mass is 422 g/mol. The van der Waals surface area contributed by atoms with E-state index in [9.17, 15) is 0 Å². The first-order chi connectivity index (χ1) is 14.2. The van der Waals surface area contributed by atoms with Crippen molar-refractivity contribution in [2.24, 2.45) is 0 Å². The summed E-state index contributed by atoms with van der Waals surface area (Å²) in [5, 5.41) is 0. The molecule has 4 aromatic heterocycles. The molecule has 0 aliphatic carbocycles. The standard InChI is InChI=1S/C21H22N6S2/c28-20-24(14-16-26(20)18-8-2-4-10-22-18)12-6-1-7-13-25-15-17-27(21(25)29)19-9-3-5-11-23-19/h2-5,8-11,14-17H,1,6-7,12-13H2. The van der Waals surface area contributed by atoms with Crippen LogP contribution in [-0.4, -0.2) is 28.2 Å². The second kappa shape index (κ2) is 9.11. The molecule has 29 heavy (non-hydrogen) atoms. The topological polar surface area (TPSA) is 45.5 Å². The van der Waals surface area contributed by atoms with Crippen molar-refractivity contribution in [3.8, 4) is 11.6 Å². The Morgan fingerprint density at radius 1 is 0.621 bits per heavy atom. The Balaban J connectivity index is 1.29. The predicted octanol–water partition coefficient (Wildman–Crippen LogP) is 4.99. The van der Waals surface area contributed by atoms with Gasteiger partial charge in [0, 0.05) is 50.3 Å². The molecule has 0 unspecified atom stereocenters. The van der Waals surface area contributed by atoms with E-state index in [0.717, 1.165) is 53.5 Å². The van der Waals surface area contributed by atoms with Gasteiger partial charge in [-0.3, -0.25) is 9.13 Å². The Bertz CT molecular complexity index is 1080. The van der Waals surface area contributed by atoms with Gasteiger partial charge in [-0.15, -0.1) is 0 Å². The van der Waals surface area contributed by atoms with Gasteiger partial charge in [-0.2, -0.15) is 0 Å². The quantitative estimate of drug-likeness (QED) is 0.296. The molecule has 0 saturated carbocycles. The van der Waals surface area contributed by atoms with Crippen LogP contribution < -0.4 is 0 Å². The van der Waals surface area contributed by atoms with Gasteiger partial charge >= 0.3 is 0 Å².